The van der Waals surface area contributed by atoms with Crippen LogP contribution in [-0.2, 0) is 0 Å². The highest BCUT2D eigenvalue weighted by atomic mass is 32.1. The first-order valence-electron chi connectivity index (χ1n) is 5.62. The zero-order chi connectivity index (χ0) is 13.0. The van der Waals surface area contributed by atoms with E-state index in [9.17, 15) is 4.79 Å². The van der Waals surface area contributed by atoms with Crippen molar-refractivity contribution in [3.05, 3.63) is 57.8 Å². The Kier molecular flexibility index (Phi) is 3.89. The Morgan fingerprint density at radius 1 is 1.28 bits per heavy atom. The Morgan fingerprint density at radius 3 is 2.78 bits per heavy atom. The van der Waals surface area contributed by atoms with E-state index in [1.807, 2.05) is 49.6 Å². The third kappa shape index (κ3) is 3.05. The summed E-state index contributed by atoms with van der Waals surface area (Å²) < 4.78 is 0. The maximum atomic E-state index is 11.9. The lowest BCUT2D eigenvalue weighted by atomic mass is 10.1. The average Bonchev–Trinajstić information content (AvgIpc) is 2.89. The van der Waals surface area contributed by atoms with Crippen LogP contribution in [0.15, 0.2) is 46.9 Å². The standard InChI is InChI=1S/C14H14N2OS/c1-10-5-3-6-12(9-10)14(17)16-15-11(2)13-7-4-8-18-13/h3-9H,1-2H3,(H,16,17)/b15-11+. The molecule has 0 saturated carbocycles. The summed E-state index contributed by atoms with van der Waals surface area (Å²) in [4.78, 5) is 12.9. The summed E-state index contributed by atoms with van der Waals surface area (Å²) in [5, 5.41) is 6.08. The van der Waals surface area contributed by atoms with Gasteiger partial charge in [-0.05, 0) is 37.4 Å². The number of hydrazone groups is 1. The molecule has 18 heavy (non-hydrogen) atoms. The summed E-state index contributed by atoms with van der Waals surface area (Å²) in [6.45, 7) is 3.83. The van der Waals surface area contributed by atoms with Gasteiger partial charge >= 0.3 is 0 Å². The lowest BCUT2D eigenvalue weighted by molar-refractivity contribution is 0.0955. The van der Waals surface area contributed by atoms with Crippen molar-refractivity contribution in [2.75, 3.05) is 0 Å². The first kappa shape index (κ1) is 12.5. The van der Waals surface area contributed by atoms with Crippen LogP contribution in [0.25, 0.3) is 0 Å². The van der Waals surface area contributed by atoms with Crippen molar-refractivity contribution in [1.29, 1.82) is 0 Å². The third-order valence-corrected chi connectivity index (χ3v) is 3.46. The second kappa shape index (κ2) is 5.60. The molecule has 1 heterocycles. The van der Waals surface area contributed by atoms with Gasteiger partial charge in [0, 0.05) is 10.4 Å². The molecule has 3 nitrogen and oxygen atoms in total. The van der Waals surface area contributed by atoms with Crippen molar-refractivity contribution < 1.29 is 4.79 Å². The van der Waals surface area contributed by atoms with E-state index < -0.39 is 0 Å². The number of nitrogens with one attached hydrogen (secondary N) is 1. The summed E-state index contributed by atoms with van der Waals surface area (Å²) in [5.74, 6) is -0.186. The van der Waals surface area contributed by atoms with Gasteiger partial charge in [0.1, 0.15) is 0 Å². The van der Waals surface area contributed by atoms with Crippen molar-refractivity contribution >= 4 is 23.0 Å². The Balaban J connectivity index is 2.07. The van der Waals surface area contributed by atoms with Crippen molar-refractivity contribution in [3.63, 3.8) is 0 Å². The van der Waals surface area contributed by atoms with E-state index >= 15 is 0 Å². The van der Waals surface area contributed by atoms with Crippen LogP contribution >= 0.6 is 11.3 Å². The monoisotopic (exact) mass is 258 g/mol. The Labute approximate surface area is 110 Å². The quantitative estimate of drug-likeness (QED) is 0.666. The molecule has 0 spiro atoms. The Hall–Kier alpha value is -1.94. The van der Waals surface area contributed by atoms with Crippen molar-refractivity contribution in [2.45, 2.75) is 13.8 Å². The van der Waals surface area contributed by atoms with Crippen molar-refractivity contribution in [2.24, 2.45) is 5.10 Å². The van der Waals surface area contributed by atoms with E-state index in [-0.39, 0.29) is 5.91 Å². The van der Waals surface area contributed by atoms with E-state index in [4.69, 9.17) is 0 Å². The fourth-order valence-electron chi connectivity index (χ4n) is 1.53. The number of hydrogen-bond acceptors (Lipinski definition) is 3. The van der Waals surface area contributed by atoms with Gasteiger partial charge in [0.2, 0.25) is 0 Å². The summed E-state index contributed by atoms with van der Waals surface area (Å²) in [7, 11) is 0. The predicted molar refractivity (Wildman–Crippen MR) is 75.2 cm³/mol. The van der Waals surface area contributed by atoms with Crippen LogP contribution < -0.4 is 5.43 Å². The minimum atomic E-state index is -0.186. The largest absolute Gasteiger partial charge is 0.271 e. The maximum Gasteiger partial charge on any atom is 0.271 e. The lowest BCUT2D eigenvalue weighted by Gasteiger charge is -2.02. The van der Waals surface area contributed by atoms with Gasteiger partial charge in [-0.25, -0.2) is 5.43 Å². The number of aryl methyl sites for hydroxylation is 1. The molecule has 0 radical (unpaired) electrons. The predicted octanol–water partition coefficient (Wildman–Crippen LogP) is 3.21. The number of amides is 1. The van der Waals surface area contributed by atoms with E-state index in [1.54, 1.807) is 17.4 Å². The van der Waals surface area contributed by atoms with Gasteiger partial charge in [0.25, 0.3) is 5.91 Å². The first-order chi connectivity index (χ1) is 8.66. The number of thiophene rings is 1. The van der Waals surface area contributed by atoms with Crippen LogP contribution in [0.5, 0.6) is 0 Å². The molecular weight excluding hydrogens is 244 g/mol. The highest BCUT2D eigenvalue weighted by Gasteiger charge is 2.04. The van der Waals surface area contributed by atoms with E-state index in [1.165, 1.54) is 0 Å². The number of carbonyl (C=O) groups excluding carboxylic acids is 1. The lowest BCUT2D eigenvalue weighted by Crippen LogP contribution is -2.19. The number of hydrogen-bond donors (Lipinski definition) is 1. The fourth-order valence-corrected chi connectivity index (χ4v) is 2.20. The van der Waals surface area contributed by atoms with Gasteiger partial charge in [0.15, 0.2) is 0 Å². The highest BCUT2D eigenvalue weighted by Crippen LogP contribution is 2.09. The molecule has 2 rings (SSSR count). The molecular formula is C14H14N2OS. The van der Waals surface area contributed by atoms with Crippen molar-refractivity contribution in [3.8, 4) is 0 Å². The van der Waals surface area contributed by atoms with Crippen LogP contribution in [-0.4, -0.2) is 11.6 Å². The van der Waals surface area contributed by atoms with E-state index in [0.717, 1.165) is 16.2 Å². The molecule has 1 aromatic heterocycles. The molecule has 0 aliphatic carbocycles. The average molecular weight is 258 g/mol. The number of rotatable bonds is 3. The normalized spacial score (nSPS) is 11.3. The summed E-state index contributed by atoms with van der Waals surface area (Å²) in [6.07, 6.45) is 0. The molecule has 1 aromatic carbocycles. The van der Waals surface area contributed by atoms with Crippen LogP contribution in [0.1, 0.15) is 27.7 Å². The van der Waals surface area contributed by atoms with Crippen LogP contribution in [0, 0.1) is 6.92 Å². The molecule has 0 aliphatic rings. The zero-order valence-corrected chi connectivity index (χ0v) is 11.1. The molecule has 0 atom stereocenters. The van der Waals surface area contributed by atoms with Gasteiger partial charge in [-0.3, -0.25) is 4.79 Å². The second-order valence-corrected chi connectivity index (χ2v) is 4.93. The SMILES string of the molecule is C/C(=N\NC(=O)c1cccc(C)c1)c1cccs1. The molecule has 0 saturated heterocycles. The van der Waals surface area contributed by atoms with Gasteiger partial charge in [-0.2, -0.15) is 5.10 Å². The van der Waals surface area contributed by atoms with Crippen LogP contribution in [0.3, 0.4) is 0 Å². The summed E-state index contributed by atoms with van der Waals surface area (Å²) in [6, 6.07) is 11.4. The molecule has 4 heteroatoms. The van der Waals surface area contributed by atoms with Crippen LogP contribution in [0.2, 0.25) is 0 Å². The molecule has 2 aromatic rings. The van der Waals surface area contributed by atoms with Crippen molar-refractivity contribution in [1.82, 2.24) is 5.43 Å². The smallest absolute Gasteiger partial charge is 0.267 e. The van der Waals surface area contributed by atoms with Gasteiger partial charge in [-0.1, -0.05) is 23.8 Å². The topological polar surface area (TPSA) is 41.5 Å². The number of nitrogens with zero attached hydrogens (tertiary/aromatic N) is 1. The second-order valence-electron chi connectivity index (χ2n) is 3.98. The first-order valence-corrected chi connectivity index (χ1v) is 6.50. The van der Waals surface area contributed by atoms with Gasteiger partial charge in [-0.15, -0.1) is 11.3 Å². The summed E-state index contributed by atoms with van der Waals surface area (Å²) >= 11 is 1.60. The Bertz CT molecular complexity index is 573. The maximum absolute atomic E-state index is 11.9. The fraction of sp³-hybridized carbons (Fsp3) is 0.143. The summed E-state index contributed by atoms with van der Waals surface area (Å²) in [5.41, 5.74) is 5.06. The zero-order valence-electron chi connectivity index (χ0n) is 10.3. The minimum Gasteiger partial charge on any atom is -0.267 e. The third-order valence-electron chi connectivity index (χ3n) is 2.48. The van der Waals surface area contributed by atoms with E-state index in [0.29, 0.717) is 5.56 Å². The molecule has 0 fully saturated rings. The number of carbonyl (C=O) groups is 1. The molecule has 1 amide bonds. The van der Waals surface area contributed by atoms with Gasteiger partial charge < -0.3 is 0 Å². The minimum absolute atomic E-state index is 0.186. The molecule has 0 bridgehead atoms. The molecule has 92 valence electrons. The van der Waals surface area contributed by atoms with Gasteiger partial charge in [0.05, 0.1) is 5.71 Å². The molecule has 0 aliphatic heterocycles. The van der Waals surface area contributed by atoms with Crippen LogP contribution in [0.4, 0.5) is 0 Å². The highest BCUT2D eigenvalue weighted by molar-refractivity contribution is 7.12. The molecule has 0 unspecified atom stereocenters. The Morgan fingerprint density at radius 2 is 2.11 bits per heavy atom. The number of benzene rings is 1. The van der Waals surface area contributed by atoms with E-state index in [2.05, 4.69) is 10.5 Å². The molecule has 1 N–H and O–H groups in total.